The van der Waals surface area contributed by atoms with E-state index in [2.05, 4.69) is 26.3 Å². The minimum Gasteiger partial charge on any atom is -0.322 e. The first-order valence-corrected chi connectivity index (χ1v) is 11.1. The molecule has 0 saturated heterocycles. The standard InChI is InChI=1S/C28H24FN5O/c1-17-5-6-22(34-27(35)20-8-10-32-26(14-20)28(3,4)29)15-24(17)21-11-18(2)33-25(13-21)19-7-9-31-23(12-19)16-30/h5-15H,1-4H3,(H,34,35). The van der Waals surface area contributed by atoms with Crippen molar-refractivity contribution in [2.45, 2.75) is 33.4 Å². The molecule has 0 bridgehead atoms. The van der Waals surface area contributed by atoms with Crippen molar-refractivity contribution in [1.82, 2.24) is 15.0 Å². The number of aromatic nitrogens is 3. The second kappa shape index (κ2) is 9.43. The fourth-order valence-corrected chi connectivity index (χ4v) is 3.73. The molecular weight excluding hydrogens is 441 g/mol. The topological polar surface area (TPSA) is 91.6 Å². The smallest absolute Gasteiger partial charge is 0.255 e. The van der Waals surface area contributed by atoms with Gasteiger partial charge in [-0.05, 0) is 92.9 Å². The number of nitrogens with one attached hydrogen (secondary N) is 1. The van der Waals surface area contributed by atoms with E-state index in [9.17, 15) is 14.4 Å². The Morgan fingerprint density at radius 3 is 2.49 bits per heavy atom. The zero-order valence-electron chi connectivity index (χ0n) is 19.9. The fraction of sp³-hybridized carbons (Fsp3) is 0.179. The van der Waals surface area contributed by atoms with Gasteiger partial charge in [0, 0.05) is 34.9 Å². The molecule has 0 spiro atoms. The average Bonchev–Trinajstić information content (AvgIpc) is 2.84. The lowest BCUT2D eigenvalue weighted by atomic mass is 9.98. The Morgan fingerprint density at radius 1 is 0.971 bits per heavy atom. The van der Waals surface area contributed by atoms with Gasteiger partial charge in [0.2, 0.25) is 0 Å². The molecule has 0 atom stereocenters. The van der Waals surface area contributed by atoms with E-state index in [1.54, 1.807) is 18.3 Å². The van der Waals surface area contributed by atoms with E-state index in [-0.39, 0.29) is 11.6 Å². The van der Waals surface area contributed by atoms with Gasteiger partial charge in [0.15, 0.2) is 0 Å². The molecule has 4 rings (SSSR count). The monoisotopic (exact) mass is 465 g/mol. The molecule has 6 nitrogen and oxygen atoms in total. The predicted molar refractivity (Wildman–Crippen MR) is 133 cm³/mol. The van der Waals surface area contributed by atoms with Gasteiger partial charge in [-0.1, -0.05) is 6.07 Å². The summed E-state index contributed by atoms with van der Waals surface area (Å²) < 4.78 is 14.3. The number of hydrogen-bond acceptors (Lipinski definition) is 5. The second-order valence-electron chi connectivity index (χ2n) is 8.81. The van der Waals surface area contributed by atoms with Gasteiger partial charge < -0.3 is 5.32 Å². The molecule has 1 N–H and O–H groups in total. The van der Waals surface area contributed by atoms with Crippen molar-refractivity contribution >= 4 is 11.6 Å². The van der Waals surface area contributed by atoms with Crippen LogP contribution < -0.4 is 5.32 Å². The van der Waals surface area contributed by atoms with Gasteiger partial charge in [0.25, 0.3) is 5.91 Å². The van der Waals surface area contributed by atoms with Crippen LogP contribution in [0.2, 0.25) is 0 Å². The van der Waals surface area contributed by atoms with Crippen molar-refractivity contribution in [2.75, 3.05) is 5.32 Å². The summed E-state index contributed by atoms with van der Waals surface area (Å²) in [5.41, 5.74) is 5.06. The van der Waals surface area contributed by atoms with Gasteiger partial charge in [-0.3, -0.25) is 14.8 Å². The van der Waals surface area contributed by atoms with Crippen LogP contribution in [0, 0.1) is 25.2 Å². The zero-order chi connectivity index (χ0) is 25.2. The third-order valence-corrected chi connectivity index (χ3v) is 5.56. The van der Waals surface area contributed by atoms with Crippen LogP contribution in [0.25, 0.3) is 22.4 Å². The van der Waals surface area contributed by atoms with Crippen LogP contribution >= 0.6 is 0 Å². The largest absolute Gasteiger partial charge is 0.322 e. The molecule has 0 saturated carbocycles. The summed E-state index contributed by atoms with van der Waals surface area (Å²) >= 11 is 0. The van der Waals surface area contributed by atoms with Crippen molar-refractivity contribution in [1.29, 1.82) is 5.26 Å². The Bertz CT molecular complexity index is 1470. The highest BCUT2D eigenvalue weighted by Gasteiger charge is 2.22. The predicted octanol–water partition coefficient (Wildman–Crippen LogP) is 6.15. The molecule has 0 fully saturated rings. The van der Waals surface area contributed by atoms with E-state index >= 15 is 0 Å². The van der Waals surface area contributed by atoms with Crippen molar-refractivity contribution in [2.24, 2.45) is 0 Å². The molecule has 0 aliphatic heterocycles. The Balaban J connectivity index is 1.67. The number of rotatable bonds is 5. The van der Waals surface area contributed by atoms with E-state index in [1.165, 1.54) is 26.1 Å². The van der Waals surface area contributed by atoms with E-state index in [0.29, 0.717) is 16.9 Å². The van der Waals surface area contributed by atoms with E-state index in [1.807, 2.05) is 50.2 Å². The number of hydrogen-bond donors (Lipinski definition) is 1. The number of carbonyl (C=O) groups excluding carboxylic acids is 1. The summed E-state index contributed by atoms with van der Waals surface area (Å²) in [7, 11) is 0. The van der Waals surface area contributed by atoms with Crippen molar-refractivity contribution in [3.05, 3.63) is 95.2 Å². The molecular formula is C28H24FN5O. The van der Waals surface area contributed by atoms with E-state index < -0.39 is 5.67 Å². The number of benzene rings is 1. The van der Waals surface area contributed by atoms with Gasteiger partial charge in [-0.25, -0.2) is 9.37 Å². The van der Waals surface area contributed by atoms with Gasteiger partial charge in [-0.15, -0.1) is 0 Å². The minimum absolute atomic E-state index is 0.199. The lowest BCUT2D eigenvalue weighted by Gasteiger charge is -2.15. The third-order valence-electron chi connectivity index (χ3n) is 5.56. The maximum Gasteiger partial charge on any atom is 0.255 e. The molecule has 174 valence electrons. The first-order chi connectivity index (χ1) is 16.6. The number of amides is 1. The summed E-state index contributed by atoms with van der Waals surface area (Å²) in [4.78, 5) is 25.6. The van der Waals surface area contributed by atoms with Crippen LogP contribution in [0.3, 0.4) is 0 Å². The quantitative estimate of drug-likeness (QED) is 0.382. The van der Waals surface area contributed by atoms with Crippen LogP contribution in [-0.2, 0) is 5.67 Å². The molecule has 7 heteroatoms. The van der Waals surface area contributed by atoms with Crippen LogP contribution in [0.5, 0.6) is 0 Å². The Hall–Kier alpha value is -4.44. The van der Waals surface area contributed by atoms with Gasteiger partial charge in [0.05, 0.1) is 11.4 Å². The van der Waals surface area contributed by atoms with Crippen LogP contribution in [0.4, 0.5) is 10.1 Å². The minimum atomic E-state index is -1.65. The van der Waals surface area contributed by atoms with E-state index in [4.69, 9.17) is 0 Å². The molecule has 3 aromatic heterocycles. The molecule has 0 aliphatic carbocycles. The molecule has 1 aromatic carbocycles. The highest BCUT2D eigenvalue weighted by Crippen LogP contribution is 2.31. The highest BCUT2D eigenvalue weighted by atomic mass is 19.1. The molecule has 0 radical (unpaired) electrons. The zero-order valence-corrected chi connectivity index (χ0v) is 19.9. The first-order valence-electron chi connectivity index (χ1n) is 11.1. The van der Waals surface area contributed by atoms with Gasteiger partial charge >= 0.3 is 0 Å². The normalized spacial score (nSPS) is 11.1. The summed E-state index contributed by atoms with van der Waals surface area (Å²) in [5.74, 6) is -0.347. The molecule has 3 heterocycles. The summed E-state index contributed by atoms with van der Waals surface area (Å²) in [6.07, 6.45) is 3.03. The van der Waals surface area contributed by atoms with E-state index in [0.717, 1.165) is 33.6 Å². The number of aryl methyl sites for hydroxylation is 2. The first kappa shape index (κ1) is 23.7. The third kappa shape index (κ3) is 5.39. The van der Waals surface area contributed by atoms with Crippen molar-refractivity contribution in [3.63, 3.8) is 0 Å². The van der Waals surface area contributed by atoms with Gasteiger partial charge in [0.1, 0.15) is 17.4 Å². The summed E-state index contributed by atoms with van der Waals surface area (Å²) in [6, 6.07) is 18.2. The lowest BCUT2D eigenvalue weighted by molar-refractivity contribution is 0.102. The van der Waals surface area contributed by atoms with Crippen LogP contribution in [0.15, 0.2) is 67.0 Å². The molecule has 35 heavy (non-hydrogen) atoms. The maximum atomic E-state index is 14.3. The Morgan fingerprint density at radius 2 is 1.74 bits per heavy atom. The number of alkyl halides is 1. The van der Waals surface area contributed by atoms with Crippen LogP contribution in [0.1, 0.15) is 46.9 Å². The van der Waals surface area contributed by atoms with Crippen molar-refractivity contribution < 1.29 is 9.18 Å². The molecule has 4 aromatic rings. The lowest BCUT2D eigenvalue weighted by Crippen LogP contribution is -2.16. The number of halogens is 1. The van der Waals surface area contributed by atoms with Crippen molar-refractivity contribution in [3.8, 4) is 28.5 Å². The number of nitrogens with zero attached hydrogens (tertiary/aromatic N) is 4. The Labute approximate surface area is 203 Å². The number of carbonyl (C=O) groups is 1. The SMILES string of the molecule is Cc1cc(-c2cc(NC(=O)c3ccnc(C(C)(C)F)c3)ccc2C)cc(-c2ccnc(C#N)c2)n1. The fourth-order valence-electron chi connectivity index (χ4n) is 3.73. The number of nitriles is 1. The molecule has 1 amide bonds. The Kier molecular flexibility index (Phi) is 6.39. The van der Waals surface area contributed by atoms with Gasteiger partial charge in [-0.2, -0.15) is 5.26 Å². The van der Waals surface area contributed by atoms with Crippen LogP contribution in [-0.4, -0.2) is 20.9 Å². The summed E-state index contributed by atoms with van der Waals surface area (Å²) in [6.45, 7) is 6.71. The second-order valence-corrected chi connectivity index (χ2v) is 8.81. The highest BCUT2D eigenvalue weighted by molar-refractivity contribution is 6.04. The maximum absolute atomic E-state index is 14.3. The molecule has 0 aliphatic rings. The molecule has 0 unspecified atom stereocenters. The number of pyridine rings is 3. The average molecular weight is 466 g/mol. The number of anilines is 1. The summed E-state index contributed by atoms with van der Waals surface area (Å²) in [5, 5.41) is 12.1.